The molecule has 4 rings (SSSR count). The third-order valence-electron chi connectivity index (χ3n) is 5.68. The molecule has 0 radical (unpaired) electrons. The number of nitrogens with zero attached hydrogens (tertiary/aromatic N) is 6. The maximum Gasteiger partial charge on any atom is 0.294 e. The van der Waals surface area contributed by atoms with Crippen LogP contribution in [0.15, 0.2) is 54.9 Å². The molecule has 2 aromatic heterocycles. The highest BCUT2D eigenvalue weighted by Gasteiger charge is 2.22. The van der Waals surface area contributed by atoms with Crippen molar-refractivity contribution in [2.45, 2.75) is 0 Å². The first-order valence-corrected chi connectivity index (χ1v) is 10.9. The van der Waals surface area contributed by atoms with Gasteiger partial charge in [-0.2, -0.15) is 0 Å². The predicted molar refractivity (Wildman–Crippen MR) is 139 cm³/mol. The Balaban J connectivity index is 1.73. The van der Waals surface area contributed by atoms with Crippen LogP contribution >= 0.6 is 0 Å². The fraction of sp³-hybridized carbons (Fsp3) is 0.280. The summed E-state index contributed by atoms with van der Waals surface area (Å²) in [5, 5.41) is 15.7. The predicted octanol–water partition coefficient (Wildman–Crippen LogP) is 4.29. The zero-order valence-electron chi connectivity index (χ0n) is 23.0. The van der Waals surface area contributed by atoms with Gasteiger partial charge in [0.2, 0.25) is 5.95 Å². The quantitative estimate of drug-likeness (QED) is 0.281. The summed E-state index contributed by atoms with van der Waals surface area (Å²) in [7, 11) is 7.15. The zero-order chi connectivity index (χ0) is 27.6. The number of anilines is 3. The molecule has 1 N–H and O–H groups in total. The van der Waals surface area contributed by atoms with Crippen LogP contribution in [-0.4, -0.2) is 65.7 Å². The lowest BCUT2D eigenvalue weighted by molar-refractivity contribution is -0.384. The van der Waals surface area contributed by atoms with Crippen LogP contribution in [0.2, 0.25) is 0 Å². The van der Waals surface area contributed by atoms with Crippen LogP contribution < -0.4 is 15.0 Å². The molecule has 0 spiro atoms. The molecule has 182 valence electrons. The Hall–Kier alpha value is -4.18. The van der Waals surface area contributed by atoms with E-state index in [1.54, 1.807) is 37.5 Å². The highest BCUT2D eigenvalue weighted by Crippen LogP contribution is 2.39. The Morgan fingerprint density at radius 3 is 2.71 bits per heavy atom. The Kier molecular flexibility index (Phi) is 5.76. The van der Waals surface area contributed by atoms with Crippen molar-refractivity contribution < 1.29 is 13.8 Å². The maximum atomic E-state index is 11.9. The van der Waals surface area contributed by atoms with E-state index in [1.165, 1.54) is 23.9 Å². The Bertz CT molecular complexity index is 1470. The molecule has 0 amide bonds. The van der Waals surface area contributed by atoms with E-state index < -0.39 is 11.9 Å². The molecule has 35 heavy (non-hydrogen) atoms. The maximum absolute atomic E-state index is 11.9. The van der Waals surface area contributed by atoms with Gasteiger partial charge in [0.25, 0.3) is 5.69 Å². The van der Waals surface area contributed by atoms with Gasteiger partial charge in [0.1, 0.15) is 11.4 Å². The minimum atomic E-state index is -2.36. The van der Waals surface area contributed by atoms with Gasteiger partial charge in [-0.05, 0) is 26.2 Å². The van der Waals surface area contributed by atoms with Crippen molar-refractivity contribution in [2.24, 2.45) is 6.98 Å². The highest BCUT2D eigenvalue weighted by molar-refractivity contribution is 5.95. The summed E-state index contributed by atoms with van der Waals surface area (Å²) in [6.07, 6.45) is 3.09. The van der Waals surface area contributed by atoms with Crippen LogP contribution in [0.5, 0.6) is 5.75 Å². The molecule has 10 nitrogen and oxygen atoms in total. The average Bonchev–Trinajstić information content (AvgIpc) is 3.27. The minimum absolute atomic E-state index is 0.0912. The molecule has 0 aliphatic carbocycles. The number of likely N-dealkylation sites (N-methyl/N-ethyl adjacent to an activating group) is 2. The number of fused-ring (bicyclic) bond motifs is 1. The fourth-order valence-electron chi connectivity index (χ4n) is 3.82. The van der Waals surface area contributed by atoms with Gasteiger partial charge >= 0.3 is 0 Å². The molecular formula is C25H29N7O3. The standard InChI is InChI=1S/C25H29N7O3/c1-29(2)12-13-30(3)22-15-24(35-5)20(14-23(22)32(33)34)28-25-26-11-10-19(27-25)18-16-31(4)21-9-7-6-8-17(18)21/h6-11,14-16H,12-13H2,1-5H3,(H,26,27,28)/i4D3. The van der Waals surface area contributed by atoms with E-state index in [2.05, 4.69) is 15.3 Å². The van der Waals surface area contributed by atoms with E-state index >= 15 is 0 Å². The summed E-state index contributed by atoms with van der Waals surface area (Å²) in [4.78, 5) is 24.2. The third kappa shape index (κ3) is 5.02. The van der Waals surface area contributed by atoms with E-state index in [1.807, 2.05) is 36.0 Å². The number of aromatic nitrogens is 3. The molecule has 0 bridgehead atoms. The van der Waals surface area contributed by atoms with Crippen molar-refractivity contribution in [2.75, 3.05) is 51.6 Å². The molecule has 0 aliphatic rings. The van der Waals surface area contributed by atoms with Gasteiger partial charge in [-0.15, -0.1) is 0 Å². The van der Waals surface area contributed by atoms with E-state index in [0.29, 0.717) is 40.4 Å². The average molecular weight is 479 g/mol. The van der Waals surface area contributed by atoms with Gasteiger partial charge in [0.15, 0.2) is 0 Å². The number of nitrogens with one attached hydrogen (secondary N) is 1. The van der Waals surface area contributed by atoms with Crippen LogP contribution in [0.4, 0.5) is 23.0 Å². The summed E-state index contributed by atoms with van der Waals surface area (Å²) in [6.45, 7) is -1.06. The molecule has 0 fully saturated rings. The minimum Gasteiger partial charge on any atom is -0.494 e. The van der Waals surface area contributed by atoms with Gasteiger partial charge in [-0.1, -0.05) is 18.2 Å². The number of para-hydroxylation sites is 1. The van der Waals surface area contributed by atoms with E-state index in [0.717, 1.165) is 11.9 Å². The highest BCUT2D eigenvalue weighted by atomic mass is 16.6. The molecule has 0 saturated carbocycles. The first-order valence-electron chi connectivity index (χ1n) is 12.4. The van der Waals surface area contributed by atoms with Crippen molar-refractivity contribution in [1.29, 1.82) is 0 Å². The number of ether oxygens (including phenoxy) is 1. The lowest BCUT2D eigenvalue weighted by Gasteiger charge is -2.22. The summed E-state index contributed by atoms with van der Waals surface area (Å²) in [5.74, 6) is 0.560. The molecule has 0 atom stereocenters. The van der Waals surface area contributed by atoms with Crippen LogP contribution in [-0.2, 0) is 6.98 Å². The molecule has 0 saturated heterocycles. The number of hydrogen-bond acceptors (Lipinski definition) is 8. The first kappa shape index (κ1) is 20.2. The number of nitro benzene ring substituents is 1. The van der Waals surface area contributed by atoms with Crippen LogP contribution in [0.25, 0.3) is 22.2 Å². The SMILES string of the molecule is [2H]C([2H])([2H])n1cc(-c2ccnc(Nc3cc([N+](=O)[O-])c(N(C)CCN(C)C)cc3OC)n2)c2ccccc21. The van der Waals surface area contributed by atoms with E-state index in [4.69, 9.17) is 8.85 Å². The third-order valence-corrected chi connectivity index (χ3v) is 5.68. The van der Waals surface area contributed by atoms with E-state index in [9.17, 15) is 10.1 Å². The number of hydrogen-bond donors (Lipinski definition) is 1. The fourth-order valence-corrected chi connectivity index (χ4v) is 3.82. The number of rotatable bonds is 9. The smallest absolute Gasteiger partial charge is 0.294 e. The normalized spacial score (nSPS) is 12.8. The zero-order valence-corrected chi connectivity index (χ0v) is 20.0. The summed E-state index contributed by atoms with van der Waals surface area (Å²) in [6, 6.07) is 11.9. The lowest BCUT2D eigenvalue weighted by atomic mass is 10.1. The molecule has 4 aromatic rings. The summed E-state index contributed by atoms with van der Waals surface area (Å²) >= 11 is 0. The summed E-state index contributed by atoms with van der Waals surface area (Å²) < 4.78 is 30.5. The van der Waals surface area contributed by atoms with Gasteiger partial charge in [0, 0.05) is 72.2 Å². The molecule has 10 heteroatoms. The number of nitro groups is 1. The van der Waals surface area contributed by atoms with Crippen molar-refractivity contribution >= 4 is 33.9 Å². The molecule has 2 heterocycles. The van der Waals surface area contributed by atoms with Crippen molar-refractivity contribution in [3.8, 4) is 17.0 Å². The van der Waals surface area contributed by atoms with Crippen molar-refractivity contribution in [3.05, 3.63) is 65.0 Å². The van der Waals surface area contributed by atoms with Crippen LogP contribution in [0, 0.1) is 10.1 Å². The second-order valence-corrected chi connectivity index (χ2v) is 8.34. The lowest BCUT2D eigenvalue weighted by Crippen LogP contribution is -2.28. The topological polar surface area (TPSA) is 102 Å². The van der Waals surface area contributed by atoms with Gasteiger partial charge < -0.3 is 24.4 Å². The van der Waals surface area contributed by atoms with Crippen LogP contribution in [0.3, 0.4) is 0 Å². The second kappa shape index (κ2) is 9.98. The largest absolute Gasteiger partial charge is 0.494 e. The monoisotopic (exact) mass is 478 g/mol. The molecular weight excluding hydrogens is 446 g/mol. The number of benzene rings is 2. The molecule has 0 unspecified atom stereocenters. The van der Waals surface area contributed by atoms with Crippen molar-refractivity contribution in [1.82, 2.24) is 19.4 Å². The second-order valence-electron chi connectivity index (χ2n) is 8.34. The summed E-state index contributed by atoms with van der Waals surface area (Å²) in [5.41, 5.74) is 2.33. The van der Waals surface area contributed by atoms with Gasteiger partial charge in [-0.3, -0.25) is 10.1 Å². The number of aryl methyl sites for hydroxylation is 1. The Morgan fingerprint density at radius 2 is 2.00 bits per heavy atom. The molecule has 0 aliphatic heterocycles. The number of methoxy groups -OCH3 is 1. The van der Waals surface area contributed by atoms with E-state index in [-0.39, 0.29) is 11.6 Å². The van der Waals surface area contributed by atoms with Gasteiger partial charge in [-0.25, -0.2) is 9.97 Å². The Morgan fingerprint density at radius 1 is 1.20 bits per heavy atom. The molecule has 2 aromatic carbocycles. The van der Waals surface area contributed by atoms with Crippen LogP contribution in [0.1, 0.15) is 4.11 Å². The first-order chi connectivity index (χ1) is 18.0. The van der Waals surface area contributed by atoms with Crippen molar-refractivity contribution in [3.63, 3.8) is 0 Å². The Labute approximate surface area is 208 Å². The van der Waals surface area contributed by atoms with Gasteiger partial charge in [0.05, 0.1) is 23.4 Å².